The van der Waals surface area contributed by atoms with Crippen LogP contribution >= 0.6 is 0 Å². The predicted octanol–water partition coefficient (Wildman–Crippen LogP) is 1.21. The number of amides is 1. The lowest BCUT2D eigenvalue weighted by molar-refractivity contribution is -0.895. The number of carbonyl (C=O) groups excluding carboxylic acids is 1. The van der Waals surface area contributed by atoms with Crippen molar-refractivity contribution in [2.75, 3.05) is 38.0 Å². The van der Waals surface area contributed by atoms with Crippen LogP contribution in [0.4, 0.5) is 5.69 Å². The molecule has 0 atom stereocenters. The molecule has 2 N–H and O–H groups in total. The number of anilines is 1. The number of benzene rings is 2. The second-order valence-electron chi connectivity index (χ2n) is 7.76. The van der Waals surface area contributed by atoms with Gasteiger partial charge in [-0.2, -0.15) is 9.57 Å². The molecule has 30 heavy (non-hydrogen) atoms. The number of hydrogen-bond acceptors (Lipinski definition) is 4. The Hall–Kier alpha value is -2.73. The van der Waals surface area contributed by atoms with Crippen LogP contribution in [0, 0.1) is 11.3 Å². The third-order valence-corrected chi connectivity index (χ3v) is 7.26. The molecule has 7 nitrogen and oxygen atoms in total. The van der Waals surface area contributed by atoms with E-state index in [4.69, 9.17) is 5.26 Å². The topological polar surface area (TPSA) is 94.7 Å². The third kappa shape index (κ3) is 5.05. The number of rotatable bonds is 6. The zero-order valence-electron chi connectivity index (χ0n) is 17.3. The Kier molecular flexibility index (Phi) is 6.87. The van der Waals surface area contributed by atoms with Crippen LogP contribution in [0.5, 0.6) is 0 Å². The Morgan fingerprint density at radius 3 is 2.37 bits per heavy atom. The lowest BCUT2D eigenvalue weighted by atomic mass is 10.0. The molecule has 0 radical (unpaired) electrons. The lowest BCUT2D eigenvalue weighted by Crippen LogP contribution is -3.15. The summed E-state index contributed by atoms with van der Waals surface area (Å²) in [6.07, 6.45) is 0. The van der Waals surface area contributed by atoms with Gasteiger partial charge in [-0.15, -0.1) is 0 Å². The second kappa shape index (κ2) is 9.39. The maximum atomic E-state index is 12.9. The van der Waals surface area contributed by atoms with Gasteiger partial charge in [0.25, 0.3) is 5.91 Å². The summed E-state index contributed by atoms with van der Waals surface area (Å²) < 4.78 is 27.3. The van der Waals surface area contributed by atoms with Crippen LogP contribution in [-0.4, -0.2) is 51.4 Å². The maximum absolute atomic E-state index is 12.9. The molecule has 1 aliphatic heterocycles. The Balaban J connectivity index is 1.56. The minimum atomic E-state index is -3.53. The van der Waals surface area contributed by atoms with E-state index < -0.39 is 10.0 Å². The van der Waals surface area contributed by atoms with E-state index in [2.05, 4.69) is 25.2 Å². The first-order valence-corrected chi connectivity index (χ1v) is 11.5. The molecule has 1 heterocycles. The van der Waals surface area contributed by atoms with Crippen LogP contribution < -0.4 is 10.2 Å². The molecule has 1 aliphatic rings. The second-order valence-corrected chi connectivity index (χ2v) is 9.70. The van der Waals surface area contributed by atoms with Crippen molar-refractivity contribution in [3.05, 3.63) is 59.7 Å². The molecule has 0 saturated carbocycles. The van der Waals surface area contributed by atoms with E-state index in [-0.39, 0.29) is 12.5 Å². The van der Waals surface area contributed by atoms with Gasteiger partial charge < -0.3 is 10.2 Å². The van der Waals surface area contributed by atoms with Crippen molar-refractivity contribution in [3.63, 3.8) is 0 Å². The highest BCUT2D eigenvalue weighted by Gasteiger charge is 2.31. The quantitative estimate of drug-likeness (QED) is 0.725. The highest BCUT2D eigenvalue weighted by molar-refractivity contribution is 7.89. The number of piperazine rings is 1. The normalized spacial score (nSPS) is 15.7. The number of hydrogen-bond donors (Lipinski definition) is 2. The molecule has 1 fully saturated rings. The van der Waals surface area contributed by atoms with Gasteiger partial charge in [0.1, 0.15) is 6.07 Å². The molecule has 3 rings (SSSR count). The first-order chi connectivity index (χ1) is 14.3. The van der Waals surface area contributed by atoms with E-state index in [0.717, 1.165) is 10.5 Å². The molecule has 1 amide bonds. The average Bonchev–Trinajstić information content (AvgIpc) is 2.74. The minimum absolute atomic E-state index is 0.187. The van der Waals surface area contributed by atoms with Crippen LogP contribution in [0.25, 0.3) is 0 Å². The summed E-state index contributed by atoms with van der Waals surface area (Å²) in [4.78, 5) is 13.7. The number of sulfonamides is 1. The first-order valence-electron chi connectivity index (χ1n) is 10.0. The molecule has 158 valence electrons. The van der Waals surface area contributed by atoms with Gasteiger partial charge in [0.15, 0.2) is 6.54 Å². The molecule has 2 aromatic carbocycles. The molecule has 0 spiro atoms. The third-order valence-electron chi connectivity index (χ3n) is 5.35. The van der Waals surface area contributed by atoms with Crippen molar-refractivity contribution in [1.29, 1.82) is 5.26 Å². The highest BCUT2D eigenvalue weighted by atomic mass is 32.2. The van der Waals surface area contributed by atoms with Crippen molar-refractivity contribution in [3.8, 4) is 6.07 Å². The van der Waals surface area contributed by atoms with Crippen molar-refractivity contribution in [2.24, 2.45) is 0 Å². The van der Waals surface area contributed by atoms with Crippen LogP contribution in [-0.2, 0) is 14.8 Å². The van der Waals surface area contributed by atoms with Gasteiger partial charge in [-0.3, -0.25) is 4.79 Å². The maximum Gasteiger partial charge on any atom is 0.279 e. The molecule has 8 heteroatoms. The zero-order chi connectivity index (χ0) is 21.7. The zero-order valence-corrected chi connectivity index (χ0v) is 18.1. The Bertz CT molecular complexity index is 1030. The summed E-state index contributed by atoms with van der Waals surface area (Å²) in [5.74, 6) is 0.161. The van der Waals surface area contributed by atoms with Crippen molar-refractivity contribution < 1.29 is 18.1 Å². The summed E-state index contributed by atoms with van der Waals surface area (Å²) in [6.45, 7) is 6.21. The largest absolute Gasteiger partial charge is 0.325 e. The van der Waals surface area contributed by atoms with Crippen LogP contribution in [0.1, 0.15) is 30.9 Å². The van der Waals surface area contributed by atoms with Gasteiger partial charge in [0.05, 0.1) is 42.3 Å². The molecule has 0 bridgehead atoms. The molecule has 0 unspecified atom stereocenters. The van der Waals surface area contributed by atoms with Crippen LogP contribution in [0.15, 0.2) is 53.4 Å². The molecule has 0 aliphatic carbocycles. The van der Waals surface area contributed by atoms with E-state index in [1.54, 1.807) is 36.4 Å². The number of nitrogens with one attached hydrogen (secondary N) is 2. The Morgan fingerprint density at radius 2 is 1.77 bits per heavy atom. The smallest absolute Gasteiger partial charge is 0.279 e. The van der Waals surface area contributed by atoms with Crippen molar-refractivity contribution >= 4 is 21.6 Å². The van der Waals surface area contributed by atoms with E-state index >= 15 is 0 Å². The van der Waals surface area contributed by atoms with Gasteiger partial charge in [-0.25, -0.2) is 8.42 Å². The monoisotopic (exact) mass is 427 g/mol. The van der Waals surface area contributed by atoms with Crippen LogP contribution in [0.2, 0.25) is 0 Å². The molecular formula is C22H27N4O3S+. The summed E-state index contributed by atoms with van der Waals surface area (Å²) in [6, 6.07) is 16.0. The van der Waals surface area contributed by atoms with Gasteiger partial charge >= 0.3 is 0 Å². The molecular weight excluding hydrogens is 400 g/mol. The van der Waals surface area contributed by atoms with Crippen molar-refractivity contribution in [1.82, 2.24) is 4.31 Å². The minimum Gasteiger partial charge on any atom is -0.325 e. The fourth-order valence-electron chi connectivity index (χ4n) is 3.50. The molecule has 0 aromatic heterocycles. The summed E-state index contributed by atoms with van der Waals surface area (Å²) in [5, 5.41) is 11.9. The van der Waals surface area contributed by atoms with Gasteiger partial charge in [0.2, 0.25) is 10.0 Å². The Labute approximate surface area is 178 Å². The standard InChI is InChI=1S/C22H26N4O3S/c1-17(2)18-7-9-20(10-8-18)30(28,29)26-13-11-25(12-14-26)16-22(27)24-21-6-4-3-5-19(21)15-23/h3-10,17H,11-14,16H2,1-2H3,(H,24,27)/p+1. The lowest BCUT2D eigenvalue weighted by Gasteiger charge is -2.31. The van der Waals surface area contributed by atoms with Gasteiger partial charge in [-0.05, 0) is 35.7 Å². The SMILES string of the molecule is CC(C)c1ccc(S(=O)(=O)N2CC[NH+](CC(=O)Nc3ccccc3C#N)CC2)cc1. The number of carbonyl (C=O) groups is 1. The summed E-state index contributed by atoms with van der Waals surface area (Å²) in [5.41, 5.74) is 2.02. The number of quaternary nitrogens is 1. The average molecular weight is 428 g/mol. The van der Waals surface area contributed by atoms with E-state index in [9.17, 15) is 13.2 Å². The molecule has 2 aromatic rings. The summed E-state index contributed by atoms with van der Waals surface area (Å²) in [7, 11) is -3.53. The van der Waals surface area contributed by atoms with Crippen molar-refractivity contribution in [2.45, 2.75) is 24.7 Å². The summed E-state index contributed by atoms with van der Waals surface area (Å²) >= 11 is 0. The van der Waals surface area contributed by atoms with E-state index in [1.165, 1.54) is 4.31 Å². The first kappa shape index (κ1) is 22.0. The molecule has 1 saturated heterocycles. The number of nitriles is 1. The fourth-order valence-corrected chi connectivity index (χ4v) is 4.95. The highest BCUT2D eigenvalue weighted by Crippen LogP contribution is 2.20. The number of para-hydroxylation sites is 1. The predicted molar refractivity (Wildman–Crippen MR) is 115 cm³/mol. The Morgan fingerprint density at radius 1 is 1.13 bits per heavy atom. The fraction of sp³-hybridized carbons (Fsp3) is 0.364. The van der Waals surface area contributed by atoms with E-state index in [0.29, 0.717) is 48.2 Å². The van der Waals surface area contributed by atoms with E-state index in [1.807, 2.05) is 12.1 Å². The van der Waals surface area contributed by atoms with Gasteiger partial charge in [-0.1, -0.05) is 38.1 Å². The number of nitrogens with zero attached hydrogens (tertiary/aromatic N) is 2. The van der Waals surface area contributed by atoms with Gasteiger partial charge in [0, 0.05) is 0 Å². The van der Waals surface area contributed by atoms with Crippen LogP contribution in [0.3, 0.4) is 0 Å².